The SMILES string of the molecule is CC(=NCCc1ccc(F)cc1)Nc1ccc2c(c1)[C@@H](NC(=O)c1ccc(-c3cccc(Cl)c3Cl)cc1)[C@H](O)C2. The number of benzene rings is 4. The second kappa shape index (κ2) is 12.2. The summed E-state index contributed by atoms with van der Waals surface area (Å²) >= 11 is 12.5. The van der Waals surface area contributed by atoms with Crippen molar-refractivity contribution in [2.75, 3.05) is 11.9 Å². The minimum absolute atomic E-state index is 0.251. The van der Waals surface area contributed by atoms with Crippen LogP contribution in [0.15, 0.2) is 89.9 Å². The van der Waals surface area contributed by atoms with Crippen LogP contribution >= 0.6 is 23.2 Å². The van der Waals surface area contributed by atoms with Crippen LogP contribution in [0.3, 0.4) is 0 Å². The van der Waals surface area contributed by atoms with Crippen LogP contribution in [0, 0.1) is 5.82 Å². The van der Waals surface area contributed by atoms with Crippen molar-refractivity contribution in [3.8, 4) is 11.1 Å². The van der Waals surface area contributed by atoms with Gasteiger partial charge in [0.2, 0.25) is 0 Å². The summed E-state index contributed by atoms with van der Waals surface area (Å²) in [5, 5.41) is 18.0. The molecule has 0 aliphatic heterocycles. The number of carbonyl (C=O) groups excluding carboxylic acids is 1. The van der Waals surface area contributed by atoms with E-state index in [2.05, 4.69) is 15.6 Å². The van der Waals surface area contributed by atoms with Crippen LogP contribution in [0.1, 0.15) is 40.0 Å². The molecule has 1 aliphatic rings. The number of aliphatic hydroxyl groups excluding tert-OH is 1. The number of aliphatic hydroxyl groups is 1. The predicted molar refractivity (Wildman–Crippen MR) is 160 cm³/mol. The first kappa shape index (κ1) is 27.8. The number of nitrogens with zero attached hydrogens (tertiary/aromatic N) is 1. The van der Waals surface area contributed by atoms with E-state index in [4.69, 9.17) is 23.2 Å². The standard InChI is InChI=1S/C32H28Cl2FN3O2/c1-19(36-16-15-20-5-12-24(35)13-6-20)37-25-14-11-23-17-29(39)31(27(23)18-25)38-32(40)22-9-7-21(8-10-22)26-3-2-4-28(33)30(26)34/h2-14,18,29,31,39H,15-17H2,1H3,(H,36,37)(H,38,40)/t29-,31-/m1/s1. The van der Waals surface area contributed by atoms with Gasteiger partial charge in [-0.05, 0) is 78.1 Å². The Morgan fingerprint density at radius 1 is 1.02 bits per heavy atom. The number of fused-ring (bicyclic) bond motifs is 1. The molecule has 1 amide bonds. The highest BCUT2D eigenvalue weighted by Gasteiger charge is 2.32. The quantitative estimate of drug-likeness (QED) is 0.160. The Labute approximate surface area is 242 Å². The van der Waals surface area contributed by atoms with Crippen LogP contribution < -0.4 is 10.6 Å². The molecular formula is C32H28Cl2FN3O2. The summed E-state index contributed by atoms with van der Waals surface area (Å²) in [7, 11) is 0. The molecule has 4 aromatic carbocycles. The van der Waals surface area contributed by atoms with Crippen molar-refractivity contribution in [1.29, 1.82) is 0 Å². The van der Waals surface area contributed by atoms with Crippen molar-refractivity contribution in [3.05, 3.63) is 123 Å². The smallest absolute Gasteiger partial charge is 0.251 e. The molecule has 0 radical (unpaired) electrons. The number of aliphatic imine (C=N–C) groups is 1. The van der Waals surface area contributed by atoms with Gasteiger partial charge in [-0.3, -0.25) is 9.79 Å². The number of nitrogens with one attached hydrogen (secondary N) is 2. The number of halogens is 3. The Balaban J connectivity index is 1.24. The van der Waals surface area contributed by atoms with Crippen LogP contribution in [0.2, 0.25) is 10.0 Å². The summed E-state index contributed by atoms with van der Waals surface area (Å²) in [6.07, 6.45) is 0.429. The molecule has 0 saturated carbocycles. The third kappa shape index (κ3) is 6.36. The van der Waals surface area contributed by atoms with Gasteiger partial charge >= 0.3 is 0 Å². The fourth-order valence-corrected chi connectivity index (χ4v) is 5.29. The van der Waals surface area contributed by atoms with Crippen molar-refractivity contribution in [2.45, 2.75) is 31.9 Å². The third-order valence-electron chi connectivity index (χ3n) is 6.98. The highest BCUT2D eigenvalue weighted by molar-refractivity contribution is 6.43. The first-order valence-corrected chi connectivity index (χ1v) is 13.7. The molecule has 0 heterocycles. The topological polar surface area (TPSA) is 73.7 Å². The summed E-state index contributed by atoms with van der Waals surface area (Å²) in [6.45, 7) is 2.45. The Morgan fingerprint density at radius 2 is 1.77 bits per heavy atom. The van der Waals surface area contributed by atoms with Crippen LogP contribution in [-0.4, -0.2) is 29.5 Å². The Kier molecular flexibility index (Phi) is 8.50. The average molecular weight is 576 g/mol. The molecule has 204 valence electrons. The molecule has 40 heavy (non-hydrogen) atoms. The van der Waals surface area contributed by atoms with E-state index in [-0.39, 0.29) is 11.7 Å². The highest BCUT2D eigenvalue weighted by Crippen LogP contribution is 2.35. The molecule has 0 bridgehead atoms. The first-order chi connectivity index (χ1) is 19.3. The maximum atomic E-state index is 13.1. The fraction of sp³-hybridized carbons (Fsp3) is 0.188. The van der Waals surface area contributed by atoms with Gasteiger partial charge in [0.05, 0.1) is 28.0 Å². The largest absolute Gasteiger partial charge is 0.390 e. The molecule has 2 atom stereocenters. The monoisotopic (exact) mass is 575 g/mol. The minimum atomic E-state index is -0.732. The lowest BCUT2D eigenvalue weighted by molar-refractivity contribution is 0.0858. The van der Waals surface area contributed by atoms with E-state index in [9.17, 15) is 14.3 Å². The predicted octanol–water partition coefficient (Wildman–Crippen LogP) is 7.26. The van der Waals surface area contributed by atoms with E-state index in [1.807, 2.05) is 49.4 Å². The molecule has 0 fully saturated rings. The van der Waals surface area contributed by atoms with Crippen LogP contribution in [0.25, 0.3) is 11.1 Å². The molecule has 0 aromatic heterocycles. The van der Waals surface area contributed by atoms with Crippen molar-refractivity contribution in [3.63, 3.8) is 0 Å². The van der Waals surface area contributed by atoms with Gasteiger partial charge in [0, 0.05) is 29.8 Å². The molecule has 5 rings (SSSR count). The Morgan fingerprint density at radius 3 is 2.52 bits per heavy atom. The summed E-state index contributed by atoms with van der Waals surface area (Å²) in [5.74, 6) is 0.206. The number of amides is 1. The normalized spacial score (nSPS) is 16.5. The molecule has 3 N–H and O–H groups in total. The average Bonchev–Trinajstić information content (AvgIpc) is 3.25. The van der Waals surface area contributed by atoms with Crippen LogP contribution in [-0.2, 0) is 12.8 Å². The third-order valence-corrected chi connectivity index (χ3v) is 7.80. The zero-order chi connectivity index (χ0) is 28.2. The van der Waals surface area contributed by atoms with E-state index >= 15 is 0 Å². The lowest BCUT2D eigenvalue weighted by Crippen LogP contribution is -2.33. The molecule has 4 aromatic rings. The van der Waals surface area contributed by atoms with Crippen molar-refractivity contribution >= 4 is 40.6 Å². The Hall–Kier alpha value is -3.71. The number of amidine groups is 1. The van der Waals surface area contributed by atoms with Crippen molar-refractivity contribution < 1.29 is 14.3 Å². The zero-order valence-electron chi connectivity index (χ0n) is 21.8. The van der Waals surface area contributed by atoms with Crippen molar-refractivity contribution in [2.24, 2.45) is 4.99 Å². The summed E-state index contributed by atoms with van der Waals surface area (Å²) in [6, 6.07) is 24.3. The van der Waals surface area contributed by atoms with Crippen LogP contribution in [0.5, 0.6) is 0 Å². The Bertz CT molecular complexity index is 1560. The van der Waals surface area contributed by atoms with Gasteiger partial charge in [-0.15, -0.1) is 0 Å². The molecule has 8 heteroatoms. The van der Waals surface area contributed by atoms with Crippen molar-refractivity contribution in [1.82, 2.24) is 5.32 Å². The van der Waals surface area contributed by atoms with Gasteiger partial charge in [0.1, 0.15) is 5.82 Å². The molecule has 0 saturated heterocycles. The van der Waals surface area contributed by atoms with E-state index in [1.54, 1.807) is 30.3 Å². The van der Waals surface area contributed by atoms with Gasteiger partial charge in [0.15, 0.2) is 0 Å². The van der Waals surface area contributed by atoms with E-state index in [0.717, 1.165) is 39.3 Å². The number of anilines is 1. The van der Waals surface area contributed by atoms with Gasteiger partial charge in [0.25, 0.3) is 5.91 Å². The van der Waals surface area contributed by atoms with E-state index < -0.39 is 12.1 Å². The van der Waals surface area contributed by atoms with E-state index in [0.29, 0.717) is 35.0 Å². The molecule has 0 unspecified atom stereocenters. The fourth-order valence-electron chi connectivity index (χ4n) is 4.88. The van der Waals surface area contributed by atoms with Gasteiger partial charge in [-0.1, -0.05) is 65.7 Å². The maximum Gasteiger partial charge on any atom is 0.251 e. The highest BCUT2D eigenvalue weighted by atomic mass is 35.5. The number of rotatable bonds is 7. The molecular weight excluding hydrogens is 548 g/mol. The lowest BCUT2D eigenvalue weighted by Gasteiger charge is -2.19. The second-order valence-corrected chi connectivity index (χ2v) is 10.6. The second-order valence-electron chi connectivity index (χ2n) is 9.78. The van der Waals surface area contributed by atoms with E-state index in [1.165, 1.54) is 12.1 Å². The zero-order valence-corrected chi connectivity index (χ0v) is 23.3. The molecule has 0 spiro atoms. The van der Waals surface area contributed by atoms with Gasteiger partial charge < -0.3 is 15.7 Å². The first-order valence-electron chi connectivity index (χ1n) is 13.0. The number of hydrogen-bond acceptors (Lipinski definition) is 3. The maximum absolute atomic E-state index is 13.1. The number of hydrogen-bond donors (Lipinski definition) is 3. The summed E-state index contributed by atoms with van der Waals surface area (Å²) in [5.41, 5.74) is 5.80. The van der Waals surface area contributed by atoms with Gasteiger partial charge in [-0.2, -0.15) is 0 Å². The minimum Gasteiger partial charge on any atom is -0.390 e. The summed E-state index contributed by atoms with van der Waals surface area (Å²) in [4.78, 5) is 17.7. The van der Waals surface area contributed by atoms with Crippen LogP contribution in [0.4, 0.5) is 10.1 Å². The summed E-state index contributed by atoms with van der Waals surface area (Å²) < 4.78 is 13.1. The molecule has 5 nitrogen and oxygen atoms in total. The van der Waals surface area contributed by atoms with Gasteiger partial charge in [-0.25, -0.2) is 4.39 Å². The molecule has 1 aliphatic carbocycles. The lowest BCUT2D eigenvalue weighted by atomic mass is 10.0. The number of carbonyl (C=O) groups is 1.